The van der Waals surface area contributed by atoms with E-state index in [2.05, 4.69) is 29.0 Å². The van der Waals surface area contributed by atoms with Gasteiger partial charge in [-0.25, -0.2) is 4.98 Å². The molecule has 2 rings (SSSR count). The molecule has 8 heteroatoms. The van der Waals surface area contributed by atoms with Crippen LogP contribution in [0.1, 0.15) is 32.5 Å². The summed E-state index contributed by atoms with van der Waals surface area (Å²) in [6, 6.07) is 0.173. The van der Waals surface area contributed by atoms with Gasteiger partial charge in [-0.05, 0) is 32.0 Å². The molecule has 138 valence electrons. The zero-order valence-corrected chi connectivity index (χ0v) is 14.5. The number of hydrogen-bond donors (Lipinski definition) is 2. The Morgan fingerprint density at radius 1 is 1.42 bits per heavy atom. The summed E-state index contributed by atoms with van der Waals surface area (Å²) >= 11 is 0. The van der Waals surface area contributed by atoms with Crippen LogP contribution in [-0.4, -0.2) is 58.0 Å². The van der Waals surface area contributed by atoms with Gasteiger partial charge < -0.3 is 19.9 Å². The number of aliphatic hydroxyl groups is 1. The van der Waals surface area contributed by atoms with E-state index in [0.717, 1.165) is 26.1 Å². The fourth-order valence-electron chi connectivity index (χ4n) is 3.41. The fourth-order valence-corrected chi connectivity index (χ4v) is 3.41. The average molecular weight is 348 g/mol. The monoisotopic (exact) mass is 348 g/mol. The van der Waals surface area contributed by atoms with Crippen molar-refractivity contribution in [3.8, 4) is 0 Å². The van der Waals surface area contributed by atoms with Crippen molar-refractivity contribution in [2.24, 2.45) is 13.0 Å². The zero-order chi connectivity index (χ0) is 18.0. The van der Waals surface area contributed by atoms with E-state index in [1.807, 2.05) is 0 Å². The van der Waals surface area contributed by atoms with Gasteiger partial charge in [0.2, 0.25) is 5.60 Å². The first-order valence-electron chi connectivity index (χ1n) is 8.41. The second kappa shape index (κ2) is 7.41. The third-order valence-corrected chi connectivity index (χ3v) is 4.99. The maximum atomic E-state index is 13.4. The Bertz CT molecular complexity index is 534. The van der Waals surface area contributed by atoms with Gasteiger partial charge in [0.15, 0.2) is 0 Å². The molecule has 0 aliphatic carbocycles. The molecule has 1 fully saturated rings. The molecule has 1 aromatic rings. The highest BCUT2D eigenvalue weighted by atomic mass is 19.4. The summed E-state index contributed by atoms with van der Waals surface area (Å²) in [5.41, 5.74) is -2.94. The van der Waals surface area contributed by atoms with Crippen LogP contribution >= 0.6 is 0 Å². The van der Waals surface area contributed by atoms with Crippen LogP contribution in [-0.2, 0) is 12.6 Å². The second-order valence-corrected chi connectivity index (χ2v) is 6.69. The molecule has 3 atom stereocenters. The van der Waals surface area contributed by atoms with Gasteiger partial charge in [-0.1, -0.05) is 13.8 Å². The summed E-state index contributed by atoms with van der Waals surface area (Å²) in [4.78, 5) is 6.05. The number of alkyl halides is 3. The van der Waals surface area contributed by atoms with Crippen molar-refractivity contribution in [3.05, 3.63) is 18.2 Å². The number of halogens is 3. The van der Waals surface area contributed by atoms with Crippen LogP contribution in [0.3, 0.4) is 0 Å². The van der Waals surface area contributed by atoms with Crippen LogP contribution in [0, 0.1) is 5.92 Å². The lowest BCUT2D eigenvalue weighted by Gasteiger charge is -2.37. The second-order valence-electron chi connectivity index (χ2n) is 6.69. The maximum Gasteiger partial charge on any atom is 0.424 e. The highest BCUT2D eigenvalue weighted by molar-refractivity contribution is 5.08. The summed E-state index contributed by atoms with van der Waals surface area (Å²) in [7, 11) is 1.45. The normalized spacial score (nSPS) is 25.6. The Morgan fingerprint density at radius 2 is 2.12 bits per heavy atom. The van der Waals surface area contributed by atoms with Crippen LogP contribution < -0.4 is 5.32 Å². The van der Waals surface area contributed by atoms with Gasteiger partial charge in [-0.3, -0.25) is 0 Å². The SMILES string of the molecule is CCN1CCC(NCCC(O)(c2nccn2C)C(F)(F)F)C(C)C1. The van der Waals surface area contributed by atoms with Crippen molar-refractivity contribution in [3.63, 3.8) is 0 Å². The topological polar surface area (TPSA) is 53.3 Å². The first kappa shape index (κ1) is 19.2. The minimum Gasteiger partial charge on any atom is -0.374 e. The molecule has 2 N–H and O–H groups in total. The first-order valence-corrected chi connectivity index (χ1v) is 8.41. The smallest absolute Gasteiger partial charge is 0.374 e. The average Bonchev–Trinajstić information content (AvgIpc) is 2.94. The van der Waals surface area contributed by atoms with Gasteiger partial charge in [0.05, 0.1) is 0 Å². The highest BCUT2D eigenvalue weighted by Gasteiger charge is 2.57. The van der Waals surface area contributed by atoms with E-state index in [4.69, 9.17) is 0 Å². The number of likely N-dealkylation sites (tertiary alicyclic amines) is 1. The van der Waals surface area contributed by atoms with E-state index in [-0.39, 0.29) is 18.4 Å². The number of nitrogens with one attached hydrogen (secondary N) is 1. The van der Waals surface area contributed by atoms with E-state index < -0.39 is 18.2 Å². The molecule has 1 aromatic heterocycles. The third-order valence-electron chi connectivity index (χ3n) is 4.99. The first-order chi connectivity index (χ1) is 11.2. The lowest BCUT2D eigenvalue weighted by Crippen LogP contribution is -2.51. The van der Waals surface area contributed by atoms with Gasteiger partial charge >= 0.3 is 6.18 Å². The Balaban J connectivity index is 1.99. The lowest BCUT2D eigenvalue weighted by molar-refractivity contribution is -0.272. The van der Waals surface area contributed by atoms with Crippen molar-refractivity contribution in [1.82, 2.24) is 19.8 Å². The van der Waals surface area contributed by atoms with Crippen LogP contribution in [0.4, 0.5) is 13.2 Å². The Morgan fingerprint density at radius 3 is 2.62 bits per heavy atom. The molecule has 0 radical (unpaired) electrons. The molecule has 0 saturated carbocycles. The molecule has 3 unspecified atom stereocenters. The predicted octanol–water partition coefficient (Wildman–Crippen LogP) is 1.88. The van der Waals surface area contributed by atoms with Crippen molar-refractivity contribution < 1.29 is 18.3 Å². The maximum absolute atomic E-state index is 13.4. The number of imidazole rings is 1. The predicted molar refractivity (Wildman–Crippen MR) is 85.5 cm³/mol. The quantitative estimate of drug-likeness (QED) is 0.824. The molecular formula is C16H27F3N4O. The fraction of sp³-hybridized carbons (Fsp3) is 0.812. The van der Waals surface area contributed by atoms with Crippen LogP contribution in [0.25, 0.3) is 0 Å². The standard InChI is InChI=1S/C16H27F3N4O/c1-4-23-9-5-13(12(2)11-23)20-7-6-15(24,16(17,18)19)14-21-8-10-22(14)3/h8,10,12-13,20,24H,4-7,9,11H2,1-3H3. The van der Waals surface area contributed by atoms with Gasteiger partial charge in [-0.15, -0.1) is 0 Å². The largest absolute Gasteiger partial charge is 0.424 e. The summed E-state index contributed by atoms with van der Waals surface area (Å²) in [5.74, 6) is -0.00325. The Labute approximate surface area is 140 Å². The van der Waals surface area contributed by atoms with Gasteiger partial charge in [-0.2, -0.15) is 13.2 Å². The van der Waals surface area contributed by atoms with Crippen LogP contribution in [0.15, 0.2) is 12.4 Å². The minimum atomic E-state index is -4.77. The molecule has 2 heterocycles. The van der Waals surface area contributed by atoms with E-state index in [9.17, 15) is 18.3 Å². The van der Waals surface area contributed by atoms with Crippen molar-refractivity contribution in [2.75, 3.05) is 26.2 Å². The number of aryl methyl sites for hydroxylation is 1. The van der Waals surface area contributed by atoms with Crippen LogP contribution in [0.5, 0.6) is 0 Å². The summed E-state index contributed by atoms with van der Waals surface area (Å²) in [6.45, 7) is 7.18. The summed E-state index contributed by atoms with van der Waals surface area (Å²) in [6.07, 6.45) is -1.65. The van der Waals surface area contributed by atoms with E-state index in [1.54, 1.807) is 0 Å². The van der Waals surface area contributed by atoms with Crippen LogP contribution in [0.2, 0.25) is 0 Å². The van der Waals surface area contributed by atoms with E-state index >= 15 is 0 Å². The van der Waals surface area contributed by atoms with Crippen molar-refractivity contribution in [1.29, 1.82) is 0 Å². The van der Waals surface area contributed by atoms with E-state index in [0.29, 0.717) is 5.92 Å². The molecule has 5 nitrogen and oxygen atoms in total. The van der Waals surface area contributed by atoms with Gasteiger partial charge in [0, 0.05) is 38.4 Å². The molecule has 24 heavy (non-hydrogen) atoms. The molecule has 0 amide bonds. The molecule has 1 saturated heterocycles. The minimum absolute atomic E-state index is 0.0873. The lowest BCUT2D eigenvalue weighted by atomic mass is 9.92. The Kier molecular flexibility index (Phi) is 5.93. The molecule has 0 aromatic carbocycles. The number of aromatic nitrogens is 2. The molecule has 1 aliphatic heterocycles. The summed E-state index contributed by atoms with van der Waals surface area (Å²) < 4.78 is 41.6. The summed E-state index contributed by atoms with van der Waals surface area (Å²) in [5, 5.41) is 13.5. The third kappa shape index (κ3) is 3.92. The van der Waals surface area contributed by atoms with Gasteiger partial charge in [0.25, 0.3) is 0 Å². The number of nitrogens with zero attached hydrogens (tertiary/aromatic N) is 3. The number of rotatable bonds is 6. The molecule has 0 bridgehead atoms. The molecule has 0 spiro atoms. The van der Waals surface area contributed by atoms with Gasteiger partial charge in [0.1, 0.15) is 5.82 Å². The zero-order valence-electron chi connectivity index (χ0n) is 14.5. The number of piperidine rings is 1. The van der Waals surface area contributed by atoms with Crippen molar-refractivity contribution in [2.45, 2.75) is 44.5 Å². The Hall–Kier alpha value is -1.12. The highest BCUT2D eigenvalue weighted by Crippen LogP contribution is 2.40. The molecule has 1 aliphatic rings. The molecular weight excluding hydrogens is 321 g/mol. The number of hydrogen-bond acceptors (Lipinski definition) is 4. The van der Waals surface area contributed by atoms with Crippen molar-refractivity contribution >= 4 is 0 Å². The van der Waals surface area contributed by atoms with E-state index in [1.165, 1.54) is 24.0 Å².